The predicted octanol–water partition coefficient (Wildman–Crippen LogP) is 3.54. The number of anilines is 1. The average molecular weight is 385 g/mol. The standard InChI is InChI=1S/C20H21F2N5O/c21-20(22)13-3-5-27(6-4-13)12-19(28)26-18-8-16-7-14(17-10-24-25-11-17)1-2-15(16)9-23-18/h1-2,7-11,13,20H,3-6,12H2,(H,24,25)(H,23,26,28). The number of alkyl halides is 2. The number of halogens is 2. The zero-order valence-electron chi connectivity index (χ0n) is 15.2. The molecule has 0 spiro atoms. The highest BCUT2D eigenvalue weighted by Gasteiger charge is 2.26. The van der Waals surface area contributed by atoms with Gasteiger partial charge in [-0.3, -0.25) is 14.8 Å². The molecule has 8 heteroatoms. The third-order valence-corrected chi connectivity index (χ3v) is 5.18. The van der Waals surface area contributed by atoms with E-state index in [0.29, 0.717) is 31.7 Å². The fraction of sp³-hybridized carbons (Fsp3) is 0.350. The highest BCUT2D eigenvalue weighted by Crippen LogP contribution is 2.25. The van der Waals surface area contributed by atoms with Gasteiger partial charge in [0.25, 0.3) is 0 Å². The lowest BCUT2D eigenvalue weighted by atomic mass is 9.97. The number of benzene rings is 1. The first-order chi connectivity index (χ1) is 13.6. The predicted molar refractivity (Wildman–Crippen MR) is 103 cm³/mol. The van der Waals surface area contributed by atoms with Crippen LogP contribution in [0.5, 0.6) is 0 Å². The van der Waals surface area contributed by atoms with Crippen LogP contribution in [0.25, 0.3) is 21.9 Å². The second-order valence-electron chi connectivity index (χ2n) is 7.11. The topological polar surface area (TPSA) is 73.9 Å². The molecule has 1 saturated heterocycles. The van der Waals surface area contributed by atoms with Gasteiger partial charge in [0.1, 0.15) is 5.82 Å². The summed E-state index contributed by atoms with van der Waals surface area (Å²) in [5, 5.41) is 11.5. The van der Waals surface area contributed by atoms with Crippen LogP contribution < -0.4 is 5.32 Å². The molecule has 0 aliphatic carbocycles. The maximum Gasteiger partial charge on any atom is 0.241 e. The van der Waals surface area contributed by atoms with E-state index in [1.165, 1.54) is 0 Å². The third kappa shape index (κ3) is 4.17. The monoisotopic (exact) mass is 385 g/mol. The number of nitrogens with zero attached hydrogens (tertiary/aromatic N) is 3. The normalized spacial score (nSPS) is 16.0. The molecule has 4 rings (SSSR count). The van der Waals surface area contributed by atoms with Gasteiger partial charge in [-0.2, -0.15) is 5.10 Å². The molecule has 1 amide bonds. The Balaban J connectivity index is 1.41. The first kappa shape index (κ1) is 18.5. The van der Waals surface area contributed by atoms with Gasteiger partial charge in [0.05, 0.1) is 12.7 Å². The zero-order valence-corrected chi connectivity index (χ0v) is 15.2. The molecule has 0 atom stereocenters. The molecule has 0 saturated carbocycles. The number of likely N-dealkylation sites (tertiary alicyclic amines) is 1. The summed E-state index contributed by atoms with van der Waals surface area (Å²) in [6, 6.07) is 7.83. The minimum absolute atomic E-state index is 0.185. The van der Waals surface area contributed by atoms with Crippen LogP contribution >= 0.6 is 0 Å². The summed E-state index contributed by atoms with van der Waals surface area (Å²) in [5.74, 6) is -0.261. The first-order valence-electron chi connectivity index (χ1n) is 9.28. The lowest BCUT2D eigenvalue weighted by molar-refractivity contribution is -0.117. The van der Waals surface area contributed by atoms with Gasteiger partial charge in [-0.05, 0) is 49.0 Å². The summed E-state index contributed by atoms with van der Waals surface area (Å²) in [4.78, 5) is 18.5. The van der Waals surface area contributed by atoms with E-state index in [9.17, 15) is 13.6 Å². The zero-order chi connectivity index (χ0) is 19.5. The smallest absolute Gasteiger partial charge is 0.241 e. The summed E-state index contributed by atoms with van der Waals surface area (Å²) in [6.45, 7) is 1.22. The Hall–Kier alpha value is -2.87. The van der Waals surface area contributed by atoms with Crippen molar-refractivity contribution in [1.82, 2.24) is 20.1 Å². The fourth-order valence-electron chi connectivity index (χ4n) is 3.55. The van der Waals surface area contributed by atoms with Gasteiger partial charge in [0.15, 0.2) is 0 Å². The molecule has 1 aromatic carbocycles. The summed E-state index contributed by atoms with van der Waals surface area (Å²) in [5.41, 5.74) is 2.00. The Bertz CT molecular complexity index is 952. The molecule has 6 nitrogen and oxygen atoms in total. The van der Waals surface area contributed by atoms with Gasteiger partial charge in [-0.25, -0.2) is 13.8 Å². The minimum Gasteiger partial charge on any atom is -0.310 e. The van der Waals surface area contributed by atoms with Crippen LogP contribution in [-0.4, -0.2) is 52.0 Å². The summed E-state index contributed by atoms with van der Waals surface area (Å²) in [6.07, 6.45) is 3.87. The minimum atomic E-state index is -2.27. The number of carbonyl (C=O) groups is 1. The fourth-order valence-corrected chi connectivity index (χ4v) is 3.55. The largest absolute Gasteiger partial charge is 0.310 e. The van der Waals surface area contributed by atoms with Crippen molar-refractivity contribution in [3.05, 3.63) is 42.9 Å². The van der Waals surface area contributed by atoms with Crippen molar-refractivity contribution in [1.29, 1.82) is 0 Å². The maximum absolute atomic E-state index is 12.7. The van der Waals surface area contributed by atoms with Crippen LogP contribution in [0.4, 0.5) is 14.6 Å². The number of piperidine rings is 1. The van der Waals surface area contributed by atoms with Crippen LogP contribution in [0.2, 0.25) is 0 Å². The van der Waals surface area contributed by atoms with Gasteiger partial charge >= 0.3 is 0 Å². The number of rotatable bonds is 5. The molecule has 3 heterocycles. The number of aromatic amines is 1. The summed E-state index contributed by atoms with van der Waals surface area (Å²) in [7, 11) is 0. The summed E-state index contributed by atoms with van der Waals surface area (Å²) >= 11 is 0. The molecule has 1 aliphatic rings. The highest BCUT2D eigenvalue weighted by molar-refractivity contribution is 5.94. The van der Waals surface area contributed by atoms with Crippen LogP contribution in [0, 0.1) is 5.92 Å². The van der Waals surface area contributed by atoms with Crippen molar-refractivity contribution in [3.63, 3.8) is 0 Å². The number of aromatic nitrogens is 3. The first-order valence-corrected chi connectivity index (χ1v) is 9.28. The second-order valence-corrected chi connectivity index (χ2v) is 7.11. The van der Waals surface area contributed by atoms with Gasteiger partial charge in [0.2, 0.25) is 12.3 Å². The van der Waals surface area contributed by atoms with Gasteiger partial charge in [-0.1, -0.05) is 12.1 Å². The van der Waals surface area contributed by atoms with Crippen LogP contribution in [-0.2, 0) is 4.79 Å². The molecule has 0 unspecified atom stereocenters. The average Bonchev–Trinajstić information content (AvgIpc) is 3.22. The molecule has 3 aromatic rings. The molecular weight excluding hydrogens is 364 g/mol. The van der Waals surface area contributed by atoms with E-state index in [0.717, 1.165) is 21.9 Å². The van der Waals surface area contributed by atoms with Crippen molar-refractivity contribution >= 4 is 22.5 Å². The quantitative estimate of drug-likeness (QED) is 0.705. The molecular formula is C20H21F2N5O. The van der Waals surface area contributed by atoms with E-state index in [1.54, 1.807) is 12.4 Å². The molecule has 28 heavy (non-hydrogen) atoms. The van der Waals surface area contributed by atoms with Crippen molar-refractivity contribution in [2.75, 3.05) is 25.0 Å². The van der Waals surface area contributed by atoms with E-state index in [-0.39, 0.29) is 12.5 Å². The third-order valence-electron chi connectivity index (χ3n) is 5.18. The van der Waals surface area contributed by atoms with Crippen LogP contribution in [0.1, 0.15) is 12.8 Å². The Morgan fingerprint density at radius 3 is 2.71 bits per heavy atom. The van der Waals surface area contributed by atoms with Gasteiger partial charge < -0.3 is 5.32 Å². The molecule has 0 radical (unpaired) electrons. The number of hydrogen-bond donors (Lipinski definition) is 2. The molecule has 2 N–H and O–H groups in total. The number of pyridine rings is 1. The highest BCUT2D eigenvalue weighted by atomic mass is 19.3. The van der Waals surface area contributed by atoms with E-state index in [4.69, 9.17) is 0 Å². The van der Waals surface area contributed by atoms with Gasteiger partial charge in [-0.15, -0.1) is 0 Å². The molecule has 0 bridgehead atoms. The Morgan fingerprint density at radius 2 is 2.00 bits per heavy atom. The van der Waals surface area contributed by atoms with E-state index in [1.807, 2.05) is 35.4 Å². The van der Waals surface area contributed by atoms with Gasteiger partial charge in [0, 0.05) is 29.3 Å². The number of carbonyl (C=O) groups excluding carboxylic acids is 1. The number of nitrogens with one attached hydrogen (secondary N) is 2. The number of H-pyrrole nitrogens is 1. The van der Waals surface area contributed by atoms with E-state index in [2.05, 4.69) is 20.5 Å². The van der Waals surface area contributed by atoms with E-state index < -0.39 is 12.3 Å². The Morgan fingerprint density at radius 1 is 1.18 bits per heavy atom. The molecule has 1 fully saturated rings. The number of fused-ring (bicyclic) bond motifs is 1. The molecule has 1 aliphatic heterocycles. The summed E-state index contributed by atoms with van der Waals surface area (Å²) < 4.78 is 25.5. The lowest BCUT2D eigenvalue weighted by Crippen LogP contribution is -2.40. The van der Waals surface area contributed by atoms with Crippen LogP contribution in [0.3, 0.4) is 0 Å². The second kappa shape index (κ2) is 8.02. The van der Waals surface area contributed by atoms with Crippen molar-refractivity contribution < 1.29 is 13.6 Å². The maximum atomic E-state index is 12.7. The van der Waals surface area contributed by atoms with Crippen LogP contribution in [0.15, 0.2) is 42.9 Å². The SMILES string of the molecule is O=C(CN1CCC(C(F)F)CC1)Nc1cc2cc(-c3cn[nH]c3)ccc2cn1. The molecule has 146 valence electrons. The van der Waals surface area contributed by atoms with E-state index >= 15 is 0 Å². The lowest BCUT2D eigenvalue weighted by Gasteiger charge is -2.30. The Kier molecular flexibility index (Phi) is 5.29. The molecule has 2 aromatic heterocycles. The van der Waals surface area contributed by atoms with Crippen molar-refractivity contribution in [2.24, 2.45) is 5.92 Å². The Labute approximate surface area is 161 Å². The van der Waals surface area contributed by atoms with Crippen molar-refractivity contribution in [2.45, 2.75) is 19.3 Å². The number of hydrogen-bond acceptors (Lipinski definition) is 4. The number of amides is 1. The van der Waals surface area contributed by atoms with Crippen molar-refractivity contribution in [3.8, 4) is 11.1 Å².